The molecule has 0 fully saturated rings. The van der Waals surface area contributed by atoms with Crippen LogP contribution in [0.4, 0.5) is 0 Å². The molecule has 6 nitrogen and oxygen atoms in total. The van der Waals surface area contributed by atoms with Gasteiger partial charge in [0.05, 0.1) is 34.0 Å². The fourth-order valence-corrected chi connectivity index (χ4v) is 4.71. The van der Waals surface area contributed by atoms with Gasteiger partial charge in [0.25, 0.3) is 0 Å². The zero-order valence-corrected chi connectivity index (χ0v) is 17.3. The van der Waals surface area contributed by atoms with Crippen LogP contribution in [-0.2, 0) is 10.0 Å². The molecular formula is C22H24N4O2S. The number of nitrogens with one attached hydrogen (secondary N) is 1. The fourth-order valence-electron chi connectivity index (χ4n) is 3.44. The smallest absolute Gasteiger partial charge is 0.236 e. The summed E-state index contributed by atoms with van der Waals surface area (Å²) in [7, 11) is -3.78. The molecule has 0 spiro atoms. The molecule has 1 unspecified atom stereocenters. The third-order valence-corrected chi connectivity index (χ3v) is 6.54. The van der Waals surface area contributed by atoms with Crippen molar-refractivity contribution in [1.29, 1.82) is 5.26 Å². The Morgan fingerprint density at radius 1 is 1.03 bits per heavy atom. The van der Waals surface area contributed by atoms with Gasteiger partial charge in [-0.1, -0.05) is 44.9 Å². The number of sulfonamides is 1. The second-order valence-electron chi connectivity index (χ2n) is 6.82. The summed E-state index contributed by atoms with van der Waals surface area (Å²) in [5.41, 5.74) is 2.09. The zero-order valence-electron chi connectivity index (χ0n) is 16.5. The molecule has 3 rings (SSSR count). The Kier molecular flexibility index (Phi) is 6.47. The predicted molar refractivity (Wildman–Crippen MR) is 112 cm³/mol. The lowest BCUT2D eigenvalue weighted by molar-refractivity contribution is 0.366. The first kappa shape index (κ1) is 20.8. The summed E-state index contributed by atoms with van der Waals surface area (Å²) in [6, 6.07) is 19.0. The van der Waals surface area contributed by atoms with Crippen LogP contribution in [0.15, 0.2) is 71.8 Å². The maximum Gasteiger partial charge on any atom is 0.241 e. The van der Waals surface area contributed by atoms with Gasteiger partial charge in [-0.05, 0) is 48.4 Å². The van der Waals surface area contributed by atoms with E-state index in [1.165, 1.54) is 24.3 Å². The van der Waals surface area contributed by atoms with Crippen LogP contribution in [0, 0.1) is 17.2 Å². The van der Waals surface area contributed by atoms with Gasteiger partial charge in [0.2, 0.25) is 10.0 Å². The van der Waals surface area contributed by atoms with E-state index in [0.717, 1.165) is 24.2 Å². The Labute approximate surface area is 171 Å². The highest BCUT2D eigenvalue weighted by molar-refractivity contribution is 7.89. The Balaban J connectivity index is 2.01. The summed E-state index contributed by atoms with van der Waals surface area (Å²) in [5, 5.41) is 13.4. The number of nitrogens with zero attached hydrogens (tertiary/aromatic N) is 3. The Morgan fingerprint density at radius 2 is 1.69 bits per heavy atom. The molecule has 0 aliphatic heterocycles. The van der Waals surface area contributed by atoms with Gasteiger partial charge < -0.3 is 0 Å². The van der Waals surface area contributed by atoms with Gasteiger partial charge in [-0.25, -0.2) is 17.8 Å². The molecule has 0 saturated carbocycles. The van der Waals surface area contributed by atoms with Gasteiger partial charge in [-0.3, -0.25) is 0 Å². The van der Waals surface area contributed by atoms with Gasteiger partial charge in [0, 0.05) is 6.20 Å². The average molecular weight is 409 g/mol. The normalized spacial score (nSPS) is 12.6. The van der Waals surface area contributed by atoms with E-state index >= 15 is 0 Å². The van der Waals surface area contributed by atoms with Crippen LogP contribution in [0.25, 0.3) is 5.69 Å². The molecule has 1 atom stereocenters. The second-order valence-corrected chi connectivity index (χ2v) is 8.53. The zero-order chi connectivity index (χ0) is 20.9. The van der Waals surface area contributed by atoms with Crippen LogP contribution in [0.5, 0.6) is 0 Å². The van der Waals surface area contributed by atoms with Crippen molar-refractivity contribution >= 4 is 10.0 Å². The van der Waals surface area contributed by atoms with Crippen molar-refractivity contribution < 1.29 is 8.42 Å². The molecule has 0 amide bonds. The van der Waals surface area contributed by atoms with Crippen LogP contribution in [0.2, 0.25) is 0 Å². The Hall–Kier alpha value is -2.95. The van der Waals surface area contributed by atoms with Crippen molar-refractivity contribution in [2.24, 2.45) is 5.92 Å². The van der Waals surface area contributed by atoms with E-state index in [-0.39, 0.29) is 10.8 Å². The number of hydrogen-bond acceptors (Lipinski definition) is 4. The molecular weight excluding hydrogens is 384 g/mol. The van der Waals surface area contributed by atoms with E-state index in [4.69, 9.17) is 5.26 Å². The Morgan fingerprint density at radius 3 is 2.28 bits per heavy atom. The number of nitriles is 1. The van der Waals surface area contributed by atoms with Gasteiger partial charge >= 0.3 is 0 Å². The SMILES string of the molecule is CCC(CC)C(NS(=O)(=O)c1ccc(C#N)cc1)c1ccnn1-c1ccccc1. The molecule has 7 heteroatoms. The summed E-state index contributed by atoms with van der Waals surface area (Å²) in [4.78, 5) is 0.137. The van der Waals surface area contributed by atoms with Crippen LogP contribution in [0.1, 0.15) is 44.0 Å². The summed E-state index contributed by atoms with van der Waals surface area (Å²) >= 11 is 0. The number of benzene rings is 2. The van der Waals surface area contributed by atoms with Crippen molar-refractivity contribution in [2.45, 2.75) is 37.6 Å². The minimum atomic E-state index is -3.78. The quantitative estimate of drug-likeness (QED) is 0.605. The van der Waals surface area contributed by atoms with Crippen LogP contribution < -0.4 is 4.72 Å². The first-order valence-corrected chi connectivity index (χ1v) is 11.1. The lowest BCUT2D eigenvalue weighted by Crippen LogP contribution is -2.34. The first-order valence-electron chi connectivity index (χ1n) is 9.62. The van der Waals surface area contributed by atoms with Gasteiger partial charge in [0.15, 0.2) is 0 Å². The molecule has 29 heavy (non-hydrogen) atoms. The van der Waals surface area contributed by atoms with Crippen molar-refractivity contribution in [3.8, 4) is 11.8 Å². The third-order valence-electron chi connectivity index (χ3n) is 5.09. The molecule has 3 aromatic rings. The molecule has 0 aliphatic carbocycles. The van der Waals surface area contributed by atoms with E-state index in [2.05, 4.69) is 23.7 Å². The maximum atomic E-state index is 13.1. The van der Waals surface area contributed by atoms with Crippen molar-refractivity contribution in [1.82, 2.24) is 14.5 Å². The molecule has 0 aliphatic rings. The highest BCUT2D eigenvalue weighted by atomic mass is 32.2. The molecule has 1 N–H and O–H groups in total. The summed E-state index contributed by atoms with van der Waals surface area (Å²) in [5.74, 6) is 0.0994. The highest BCUT2D eigenvalue weighted by Gasteiger charge is 2.29. The molecule has 1 heterocycles. The van der Waals surface area contributed by atoms with E-state index < -0.39 is 16.1 Å². The van der Waals surface area contributed by atoms with Crippen molar-refractivity contribution in [2.75, 3.05) is 0 Å². The maximum absolute atomic E-state index is 13.1. The summed E-state index contributed by atoms with van der Waals surface area (Å²) < 4.78 is 30.9. The lowest BCUT2D eigenvalue weighted by Gasteiger charge is -2.27. The second kappa shape index (κ2) is 9.03. The third kappa shape index (κ3) is 4.56. The van der Waals surface area contributed by atoms with Crippen LogP contribution >= 0.6 is 0 Å². The average Bonchev–Trinajstić information content (AvgIpc) is 3.24. The van der Waals surface area contributed by atoms with Crippen molar-refractivity contribution in [3.05, 3.63) is 78.1 Å². The number of aromatic nitrogens is 2. The monoisotopic (exact) mass is 408 g/mol. The molecule has 1 aromatic heterocycles. The number of rotatable bonds is 8. The molecule has 150 valence electrons. The fraction of sp³-hybridized carbons (Fsp3) is 0.273. The van der Waals surface area contributed by atoms with Crippen LogP contribution in [0.3, 0.4) is 0 Å². The van der Waals surface area contributed by atoms with Gasteiger partial charge in [-0.2, -0.15) is 10.4 Å². The predicted octanol–water partition coefficient (Wildman–Crippen LogP) is 4.20. The number of hydrogen-bond donors (Lipinski definition) is 1. The first-order chi connectivity index (χ1) is 14.0. The Bertz CT molecular complexity index is 1080. The molecule has 0 saturated heterocycles. The summed E-state index contributed by atoms with van der Waals surface area (Å²) in [6.07, 6.45) is 3.32. The largest absolute Gasteiger partial charge is 0.241 e. The topological polar surface area (TPSA) is 87.8 Å². The van der Waals surface area contributed by atoms with Crippen molar-refractivity contribution in [3.63, 3.8) is 0 Å². The molecule has 2 aromatic carbocycles. The lowest BCUT2D eigenvalue weighted by atomic mass is 9.92. The summed E-state index contributed by atoms with van der Waals surface area (Å²) in [6.45, 7) is 4.11. The minimum Gasteiger partial charge on any atom is -0.236 e. The molecule has 0 radical (unpaired) electrons. The van der Waals surface area contributed by atoms with E-state index in [9.17, 15) is 8.42 Å². The highest BCUT2D eigenvalue weighted by Crippen LogP contribution is 2.30. The van der Waals surface area contributed by atoms with Gasteiger partial charge in [-0.15, -0.1) is 0 Å². The standard InChI is InChI=1S/C22H24N4O2S/c1-3-18(4-2)22(21-14-15-24-26(21)19-8-6-5-7-9-19)25-29(27,28)20-12-10-17(16-23)11-13-20/h5-15,18,22,25H,3-4H2,1-2H3. The van der Waals surface area contributed by atoms with Crippen LogP contribution in [-0.4, -0.2) is 18.2 Å². The van der Waals surface area contributed by atoms with E-state index in [0.29, 0.717) is 5.56 Å². The van der Waals surface area contributed by atoms with E-state index in [1.54, 1.807) is 10.9 Å². The number of para-hydroxylation sites is 1. The minimum absolute atomic E-state index is 0.0994. The van der Waals surface area contributed by atoms with E-state index in [1.807, 2.05) is 42.5 Å². The van der Waals surface area contributed by atoms with Gasteiger partial charge in [0.1, 0.15) is 0 Å². The molecule has 0 bridgehead atoms.